The topological polar surface area (TPSA) is 71.1 Å². The van der Waals surface area contributed by atoms with E-state index in [2.05, 4.69) is 0 Å². The van der Waals surface area contributed by atoms with Crippen molar-refractivity contribution in [2.45, 2.75) is 4.90 Å². The number of carbonyl (C=O) groups excluding carboxylic acids is 2. The molecule has 0 amide bonds. The van der Waals surface area contributed by atoms with Gasteiger partial charge in [0.15, 0.2) is 18.1 Å². The largest absolute Gasteiger partial charge is 0.493 e. The third kappa shape index (κ3) is 5.70. The van der Waals surface area contributed by atoms with Crippen molar-refractivity contribution in [3.8, 4) is 17.2 Å². The zero-order valence-corrected chi connectivity index (χ0v) is 17.7. The van der Waals surface area contributed by atoms with Crippen LogP contribution in [-0.2, 0) is 9.53 Å². The van der Waals surface area contributed by atoms with Crippen molar-refractivity contribution < 1.29 is 28.5 Å². The molecule has 0 bridgehead atoms. The van der Waals surface area contributed by atoms with Crippen LogP contribution >= 0.6 is 35.0 Å². The number of rotatable bonds is 9. The van der Waals surface area contributed by atoms with E-state index in [1.165, 1.54) is 45.2 Å². The molecule has 150 valence electrons. The molecular formula is C19H18Cl2O6S. The second kappa shape index (κ2) is 10.5. The maximum absolute atomic E-state index is 12.4. The molecule has 0 saturated heterocycles. The molecule has 9 heteroatoms. The number of thioether (sulfide) groups is 1. The molecule has 0 saturated carbocycles. The smallest absolute Gasteiger partial charge is 0.316 e. The molecule has 0 aliphatic carbocycles. The van der Waals surface area contributed by atoms with Crippen molar-refractivity contribution in [1.29, 1.82) is 0 Å². The first kappa shape index (κ1) is 22.2. The second-order valence-corrected chi connectivity index (χ2v) is 7.22. The number of ketones is 1. The van der Waals surface area contributed by atoms with Gasteiger partial charge in [0.2, 0.25) is 11.5 Å². The first-order valence-corrected chi connectivity index (χ1v) is 9.70. The SMILES string of the molecule is COc1cc(C(=O)COC(=O)CSc2cc(Cl)ccc2Cl)cc(OC)c1OC. The van der Waals surface area contributed by atoms with E-state index in [-0.39, 0.29) is 11.3 Å². The van der Waals surface area contributed by atoms with Crippen molar-refractivity contribution in [1.82, 2.24) is 0 Å². The average molecular weight is 445 g/mol. The fourth-order valence-corrected chi connectivity index (χ4v) is 3.53. The Morgan fingerprint density at radius 3 is 2.18 bits per heavy atom. The Hall–Kier alpha value is -2.09. The molecule has 0 radical (unpaired) electrons. The molecular weight excluding hydrogens is 427 g/mol. The van der Waals surface area contributed by atoms with Gasteiger partial charge in [-0.05, 0) is 30.3 Å². The normalized spacial score (nSPS) is 10.3. The highest BCUT2D eigenvalue weighted by Crippen LogP contribution is 2.38. The molecule has 2 rings (SSSR count). The Morgan fingerprint density at radius 2 is 1.61 bits per heavy atom. The fraction of sp³-hybridized carbons (Fsp3) is 0.263. The second-order valence-electron chi connectivity index (χ2n) is 5.36. The summed E-state index contributed by atoms with van der Waals surface area (Å²) >= 11 is 13.1. The van der Waals surface area contributed by atoms with Gasteiger partial charge in [-0.2, -0.15) is 0 Å². The zero-order chi connectivity index (χ0) is 20.7. The maximum Gasteiger partial charge on any atom is 0.316 e. The van der Waals surface area contributed by atoms with Crippen LogP contribution < -0.4 is 14.2 Å². The summed E-state index contributed by atoms with van der Waals surface area (Å²) in [6.45, 7) is -0.415. The maximum atomic E-state index is 12.4. The number of Topliss-reactive ketones (excluding diaryl/α,β-unsaturated/α-hetero) is 1. The highest BCUT2D eigenvalue weighted by atomic mass is 35.5. The number of benzene rings is 2. The molecule has 28 heavy (non-hydrogen) atoms. The van der Waals surface area contributed by atoms with Crippen molar-refractivity contribution in [2.24, 2.45) is 0 Å². The van der Waals surface area contributed by atoms with Crippen molar-refractivity contribution in [3.63, 3.8) is 0 Å². The van der Waals surface area contributed by atoms with Crippen LogP contribution in [0, 0.1) is 0 Å². The minimum atomic E-state index is -0.554. The first-order valence-electron chi connectivity index (χ1n) is 7.96. The van der Waals surface area contributed by atoms with Gasteiger partial charge in [-0.3, -0.25) is 9.59 Å². The van der Waals surface area contributed by atoms with Gasteiger partial charge in [0, 0.05) is 15.5 Å². The average Bonchev–Trinajstić information content (AvgIpc) is 2.71. The van der Waals surface area contributed by atoms with Crippen LogP contribution in [0.2, 0.25) is 10.0 Å². The number of hydrogen-bond acceptors (Lipinski definition) is 7. The highest BCUT2D eigenvalue weighted by molar-refractivity contribution is 8.00. The molecule has 0 spiro atoms. The lowest BCUT2D eigenvalue weighted by Crippen LogP contribution is -2.16. The Bertz CT molecular complexity index is 846. The van der Waals surface area contributed by atoms with Crippen LogP contribution in [-0.4, -0.2) is 45.4 Å². The van der Waals surface area contributed by atoms with Crippen LogP contribution in [0.4, 0.5) is 0 Å². The summed E-state index contributed by atoms with van der Waals surface area (Å²) in [6.07, 6.45) is 0. The summed E-state index contributed by atoms with van der Waals surface area (Å²) in [5.74, 6) is 0.0710. The van der Waals surface area contributed by atoms with Crippen LogP contribution in [0.5, 0.6) is 17.2 Å². The summed E-state index contributed by atoms with van der Waals surface area (Å²) < 4.78 is 20.7. The molecule has 0 aromatic heterocycles. The molecule has 0 unspecified atom stereocenters. The number of methoxy groups -OCH3 is 3. The van der Waals surface area contributed by atoms with Crippen LogP contribution in [0.25, 0.3) is 0 Å². The molecule has 0 atom stereocenters. The summed E-state index contributed by atoms with van der Waals surface area (Å²) in [5, 5.41) is 0.994. The Morgan fingerprint density at radius 1 is 0.964 bits per heavy atom. The quantitative estimate of drug-likeness (QED) is 0.319. The van der Waals surface area contributed by atoms with Gasteiger partial charge in [0.1, 0.15) is 0 Å². The van der Waals surface area contributed by atoms with E-state index in [1.807, 2.05) is 0 Å². The van der Waals surface area contributed by atoms with Crippen LogP contribution in [0.1, 0.15) is 10.4 Å². The Kier molecular flexibility index (Phi) is 8.29. The standard InChI is InChI=1S/C19H18Cl2O6S/c1-24-15-6-11(7-16(25-2)19(15)26-3)14(22)9-27-18(23)10-28-17-8-12(20)4-5-13(17)21/h4-8H,9-10H2,1-3H3. The van der Waals surface area contributed by atoms with E-state index in [4.69, 9.17) is 42.1 Å². The lowest BCUT2D eigenvalue weighted by molar-refractivity contribution is -0.139. The van der Waals surface area contributed by atoms with Crippen molar-refractivity contribution >= 4 is 46.7 Å². The summed E-state index contributed by atoms with van der Waals surface area (Å²) in [5.41, 5.74) is 0.271. The number of hydrogen-bond donors (Lipinski definition) is 0. The lowest BCUT2D eigenvalue weighted by atomic mass is 10.1. The van der Waals surface area contributed by atoms with Gasteiger partial charge in [0.25, 0.3) is 0 Å². The van der Waals surface area contributed by atoms with E-state index in [9.17, 15) is 9.59 Å². The van der Waals surface area contributed by atoms with Crippen molar-refractivity contribution in [3.05, 3.63) is 45.9 Å². The summed E-state index contributed by atoms with van der Waals surface area (Å²) in [6, 6.07) is 7.95. The van der Waals surface area contributed by atoms with Crippen molar-refractivity contribution in [2.75, 3.05) is 33.7 Å². The minimum Gasteiger partial charge on any atom is -0.493 e. The van der Waals surface area contributed by atoms with Crippen LogP contribution in [0.3, 0.4) is 0 Å². The molecule has 0 heterocycles. The molecule has 0 aliphatic heterocycles. The molecule has 0 aliphatic rings. The monoisotopic (exact) mass is 444 g/mol. The molecule has 0 fully saturated rings. The fourth-order valence-electron chi connectivity index (χ4n) is 2.24. The van der Waals surface area contributed by atoms with E-state index in [0.717, 1.165) is 0 Å². The van der Waals surface area contributed by atoms with Gasteiger partial charge >= 0.3 is 5.97 Å². The van der Waals surface area contributed by atoms with Gasteiger partial charge in [0.05, 0.1) is 32.1 Å². The van der Waals surface area contributed by atoms with Gasteiger partial charge in [-0.1, -0.05) is 23.2 Å². The Balaban J connectivity index is 1.97. The predicted octanol–water partition coefficient (Wildman–Crippen LogP) is 4.54. The molecule has 6 nitrogen and oxygen atoms in total. The number of carbonyl (C=O) groups is 2. The summed E-state index contributed by atoms with van der Waals surface area (Å²) in [7, 11) is 4.36. The predicted molar refractivity (Wildman–Crippen MR) is 109 cm³/mol. The number of esters is 1. The third-order valence-corrected chi connectivity index (χ3v) is 5.30. The lowest BCUT2D eigenvalue weighted by Gasteiger charge is -2.13. The van der Waals surface area contributed by atoms with Crippen LogP contribution in [0.15, 0.2) is 35.2 Å². The molecule has 2 aromatic carbocycles. The van der Waals surface area contributed by atoms with E-state index < -0.39 is 18.4 Å². The zero-order valence-electron chi connectivity index (χ0n) is 15.4. The Labute approximate surface area is 177 Å². The van der Waals surface area contributed by atoms with Gasteiger partial charge < -0.3 is 18.9 Å². The minimum absolute atomic E-state index is 0.0113. The highest BCUT2D eigenvalue weighted by Gasteiger charge is 2.18. The summed E-state index contributed by atoms with van der Waals surface area (Å²) in [4.78, 5) is 25.0. The van der Waals surface area contributed by atoms with E-state index in [1.54, 1.807) is 18.2 Å². The van der Waals surface area contributed by atoms with E-state index >= 15 is 0 Å². The van der Waals surface area contributed by atoms with E-state index in [0.29, 0.717) is 32.2 Å². The number of halogens is 2. The van der Waals surface area contributed by atoms with Gasteiger partial charge in [-0.25, -0.2) is 0 Å². The molecule has 0 N–H and O–H groups in total. The first-order chi connectivity index (χ1) is 13.4. The van der Waals surface area contributed by atoms with Gasteiger partial charge in [-0.15, -0.1) is 11.8 Å². The third-order valence-electron chi connectivity index (χ3n) is 3.59. The molecule has 2 aromatic rings. The number of ether oxygens (including phenoxy) is 4.